The lowest BCUT2D eigenvalue weighted by atomic mass is 10.1. The molecule has 0 atom stereocenters. The number of carbonyl (C=O) groups is 3. The van der Waals surface area contributed by atoms with Crippen molar-refractivity contribution in [3.63, 3.8) is 0 Å². The molecule has 2 fully saturated rings. The maximum atomic E-state index is 12.9. The molecule has 0 radical (unpaired) electrons. The van der Waals surface area contributed by atoms with Crippen molar-refractivity contribution >= 4 is 50.1 Å². The van der Waals surface area contributed by atoms with Gasteiger partial charge < -0.3 is 14.5 Å². The Morgan fingerprint density at radius 3 is 2.31 bits per heavy atom. The summed E-state index contributed by atoms with van der Waals surface area (Å²) in [7, 11) is 1.65. The first-order chi connectivity index (χ1) is 15.5. The zero-order valence-electron chi connectivity index (χ0n) is 17.6. The van der Waals surface area contributed by atoms with Crippen LogP contribution in [0.5, 0.6) is 5.75 Å². The lowest BCUT2D eigenvalue weighted by Gasteiger charge is -2.34. The van der Waals surface area contributed by atoms with E-state index in [0.717, 1.165) is 21.1 Å². The number of carbonyl (C=O) groups excluding carboxylic acids is 3. The molecule has 164 valence electrons. The maximum absolute atomic E-state index is 12.9. The number of methoxy groups -OCH3 is 1. The molecule has 0 aliphatic carbocycles. The van der Waals surface area contributed by atoms with Gasteiger partial charge in [0.25, 0.3) is 5.91 Å². The van der Waals surface area contributed by atoms with E-state index in [0.29, 0.717) is 37.4 Å². The molecule has 2 aliphatic rings. The Morgan fingerprint density at radius 2 is 1.66 bits per heavy atom. The van der Waals surface area contributed by atoms with Crippen LogP contribution in [0.3, 0.4) is 0 Å². The molecule has 2 aromatic carbocycles. The first kappa shape index (κ1) is 20.4. The fraction of sp³-hybridized carbons (Fsp3) is 0.304. The topological polar surface area (TPSA) is 83.1 Å². The number of piperazine rings is 1. The molecule has 0 saturated carbocycles. The number of aromatic nitrogens is 1. The summed E-state index contributed by atoms with van der Waals surface area (Å²) in [6.45, 7) is 2.61. The first-order valence-corrected chi connectivity index (χ1v) is 11.3. The van der Waals surface area contributed by atoms with E-state index in [-0.39, 0.29) is 30.6 Å². The van der Waals surface area contributed by atoms with Gasteiger partial charge >= 0.3 is 0 Å². The summed E-state index contributed by atoms with van der Waals surface area (Å²) in [6.07, 6.45) is 0.484. The summed E-state index contributed by atoms with van der Waals surface area (Å²) in [5, 5.41) is 0.949. The van der Waals surface area contributed by atoms with E-state index in [9.17, 15) is 14.4 Å². The summed E-state index contributed by atoms with van der Waals surface area (Å²) < 4.78 is 6.37. The van der Waals surface area contributed by atoms with Gasteiger partial charge in [-0.2, -0.15) is 0 Å². The van der Waals surface area contributed by atoms with Crippen LogP contribution in [-0.4, -0.2) is 60.9 Å². The summed E-state index contributed by atoms with van der Waals surface area (Å²) in [5.41, 5.74) is 2.01. The van der Waals surface area contributed by atoms with Crippen LogP contribution in [-0.2, 0) is 9.59 Å². The molecule has 32 heavy (non-hydrogen) atoms. The molecule has 3 heterocycles. The van der Waals surface area contributed by atoms with Crippen LogP contribution >= 0.6 is 11.3 Å². The standard InChI is InChI=1S/C23H22N4O4S/c1-31-17-6-7-18-19(14-17)32-23(24-18)26-12-10-25(11-13-26)22(30)15-2-4-16(5-3-15)27-20(28)8-9-21(27)29/h2-7,14H,8-13H2,1H3. The van der Waals surface area contributed by atoms with Crippen LogP contribution in [0.1, 0.15) is 23.2 Å². The number of imide groups is 1. The van der Waals surface area contributed by atoms with Gasteiger partial charge in [0.2, 0.25) is 11.8 Å². The normalized spacial score (nSPS) is 16.8. The third-order valence-electron chi connectivity index (χ3n) is 5.85. The zero-order valence-corrected chi connectivity index (χ0v) is 18.4. The lowest BCUT2D eigenvalue weighted by Crippen LogP contribution is -2.48. The van der Waals surface area contributed by atoms with Crippen molar-refractivity contribution in [1.82, 2.24) is 9.88 Å². The zero-order chi connectivity index (χ0) is 22.2. The smallest absolute Gasteiger partial charge is 0.253 e. The molecule has 3 aromatic rings. The number of amides is 3. The monoisotopic (exact) mass is 450 g/mol. The second kappa shape index (κ2) is 8.23. The number of hydrogen-bond donors (Lipinski definition) is 0. The van der Waals surface area contributed by atoms with E-state index >= 15 is 0 Å². The van der Waals surface area contributed by atoms with Gasteiger partial charge in [0.05, 0.1) is 23.0 Å². The molecule has 0 N–H and O–H groups in total. The maximum Gasteiger partial charge on any atom is 0.253 e. The average Bonchev–Trinajstić information content (AvgIpc) is 3.41. The molecule has 5 rings (SSSR count). The van der Waals surface area contributed by atoms with Gasteiger partial charge in [0, 0.05) is 44.6 Å². The van der Waals surface area contributed by atoms with Crippen molar-refractivity contribution < 1.29 is 19.1 Å². The number of ether oxygens (including phenoxy) is 1. The second-order valence-corrected chi connectivity index (χ2v) is 8.79. The van der Waals surface area contributed by atoms with E-state index in [1.807, 2.05) is 23.1 Å². The Morgan fingerprint density at radius 1 is 0.969 bits per heavy atom. The predicted octanol–water partition coefficient (Wildman–Crippen LogP) is 2.92. The summed E-state index contributed by atoms with van der Waals surface area (Å²) in [6, 6.07) is 12.6. The fourth-order valence-electron chi connectivity index (χ4n) is 4.06. The van der Waals surface area contributed by atoms with Crippen LogP contribution < -0.4 is 14.5 Å². The SMILES string of the molecule is COc1ccc2nc(N3CCN(C(=O)c4ccc(N5C(=O)CCC5=O)cc4)CC3)sc2c1. The van der Waals surface area contributed by atoms with Gasteiger partial charge in [-0.15, -0.1) is 0 Å². The molecule has 0 bridgehead atoms. The number of benzene rings is 2. The van der Waals surface area contributed by atoms with Crippen LogP contribution in [0, 0.1) is 0 Å². The number of fused-ring (bicyclic) bond motifs is 1. The number of rotatable bonds is 4. The molecule has 2 aliphatic heterocycles. The fourth-order valence-corrected chi connectivity index (χ4v) is 5.10. The third-order valence-corrected chi connectivity index (χ3v) is 6.92. The minimum Gasteiger partial charge on any atom is -0.497 e. The predicted molar refractivity (Wildman–Crippen MR) is 122 cm³/mol. The van der Waals surface area contributed by atoms with Crippen molar-refractivity contribution in [2.75, 3.05) is 43.1 Å². The molecule has 1 aromatic heterocycles. The minimum atomic E-state index is -0.196. The molecule has 0 spiro atoms. The van der Waals surface area contributed by atoms with Gasteiger partial charge in [-0.25, -0.2) is 4.98 Å². The third kappa shape index (κ3) is 3.69. The summed E-state index contributed by atoms with van der Waals surface area (Å²) >= 11 is 1.62. The van der Waals surface area contributed by atoms with Crippen LogP contribution in [0.25, 0.3) is 10.2 Å². The summed E-state index contributed by atoms with van der Waals surface area (Å²) in [5.74, 6) is 0.369. The average molecular weight is 451 g/mol. The molecular formula is C23H22N4O4S. The van der Waals surface area contributed by atoms with Crippen LogP contribution in [0.4, 0.5) is 10.8 Å². The minimum absolute atomic E-state index is 0.0516. The van der Waals surface area contributed by atoms with Crippen molar-refractivity contribution in [3.05, 3.63) is 48.0 Å². The van der Waals surface area contributed by atoms with E-state index in [4.69, 9.17) is 9.72 Å². The Hall–Kier alpha value is -3.46. The molecule has 8 nitrogen and oxygen atoms in total. The highest BCUT2D eigenvalue weighted by Crippen LogP contribution is 2.32. The second-order valence-electron chi connectivity index (χ2n) is 7.78. The molecule has 2 saturated heterocycles. The highest BCUT2D eigenvalue weighted by Gasteiger charge is 2.30. The van der Waals surface area contributed by atoms with Gasteiger partial charge in [0.15, 0.2) is 5.13 Å². The van der Waals surface area contributed by atoms with Gasteiger partial charge in [-0.3, -0.25) is 19.3 Å². The Bertz CT molecular complexity index is 1180. The van der Waals surface area contributed by atoms with Gasteiger partial charge in [0.1, 0.15) is 5.75 Å². The number of nitrogens with zero attached hydrogens (tertiary/aromatic N) is 4. The molecule has 3 amide bonds. The quantitative estimate of drug-likeness (QED) is 0.569. The van der Waals surface area contributed by atoms with E-state index in [1.54, 1.807) is 42.7 Å². The largest absolute Gasteiger partial charge is 0.497 e. The van der Waals surface area contributed by atoms with Crippen molar-refractivity contribution in [2.24, 2.45) is 0 Å². The van der Waals surface area contributed by atoms with Crippen molar-refractivity contribution in [1.29, 1.82) is 0 Å². The lowest BCUT2D eigenvalue weighted by molar-refractivity contribution is -0.121. The first-order valence-electron chi connectivity index (χ1n) is 10.5. The highest BCUT2D eigenvalue weighted by molar-refractivity contribution is 7.22. The van der Waals surface area contributed by atoms with E-state index in [1.165, 1.54) is 4.90 Å². The number of anilines is 2. The van der Waals surface area contributed by atoms with Crippen LogP contribution in [0.15, 0.2) is 42.5 Å². The Kier molecular flexibility index (Phi) is 5.26. The Balaban J connectivity index is 1.24. The van der Waals surface area contributed by atoms with Gasteiger partial charge in [-0.05, 0) is 42.5 Å². The molecule has 0 unspecified atom stereocenters. The number of thiazole rings is 1. The van der Waals surface area contributed by atoms with Crippen molar-refractivity contribution in [2.45, 2.75) is 12.8 Å². The van der Waals surface area contributed by atoms with E-state index in [2.05, 4.69) is 4.90 Å². The van der Waals surface area contributed by atoms with Gasteiger partial charge in [-0.1, -0.05) is 11.3 Å². The highest BCUT2D eigenvalue weighted by atomic mass is 32.1. The van der Waals surface area contributed by atoms with Crippen LogP contribution in [0.2, 0.25) is 0 Å². The number of hydrogen-bond acceptors (Lipinski definition) is 7. The molecular weight excluding hydrogens is 428 g/mol. The molecule has 9 heteroatoms. The van der Waals surface area contributed by atoms with Crippen molar-refractivity contribution in [3.8, 4) is 5.75 Å². The summed E-state index contributed by atoms with van der Waals surface area (Å²) in [4.78, 5) is 46.7. The Labute approximate surface area is 189 Å². The van der Waals surface area contributed by atoms with E-state index < -0.39 is 0 Å².